The maximum atomic E-state index is 13.0. The number of imide groups is 1. The Balaban J connectivity index is 1.90. The Hall–Kier alpha value is -2.69. The number of hydrogen-bond donors (Lipinski definition) is 1. The van der Waals surface area contributed by atoms with Crippen molar-refractivity contribution in [3.63, 3.8) is 0 Å². The van der Waals surface area contributed by atoms with E-state index in [-0.39, 0.29) is 23.7 Å². The lowest BCUT2D eigenvalue weighted by atomic mass is 9.83. The molecule has 2 aromatic rings. The third-order valence-electron chi connectivity index (χ3n) is 5.06. The van der Waals surface area contributed by atoms with Crippen molar-refractivity contribution in [2.75, 3.05) is 4.90 Å². The Morgan fingerprint density at radius 1 is 1.08 bits per heavy atom. The van der Waals surface area contributed by atoms with E-state index >= 15 is 0 Å². The minimum Gasteiger partial charge on any atom is -0.295 e. The zero-order valence-corrected chi connectivity index (χ0v) is 14.6. The lowest BCUT2D eigenvalue weighted by Crippen LogP contribution is -2.53. The first-order valence-corrected chi connectivity index (χ1v) is 8.52. The van der Waals surface area contributed by atoms with E-state index < -0.39 is 11.9 Å². The molecular weight excluding hydrogens is 316 g/mol. The van der Waals surface area contributed by atoms with Gasteiger partial charge in [0.15, 0.2) is 0 Å². The van der Waals surface area contributed by atoms with Crippen LogP contribution in [0.4, 0.5) is 5.69 Å². The van der Waals surface area contributed by atoms with Gasteiger partial charge in [0.05, 0.1) is 5.69 Å². The summed E-state index contributed by atoms with van der Waals surface area (Å²) in [4.78, 5) is 38.3. The molecule has 1 N–H and O–H groups in total. The van der Waals surface area contributed by atoms with E-state index in [0.717, 1.165) is 16.5 Å². The quantitative estimate of drug-likeness (QED) is 0.814. The molecule has 1 atom stereocenters. The third-order valence-corrected chi connectivity index (χ3v) is 5.06. The van der Waals surface area contributed by atoms with Gasteiger partial charge in [-0.2, -0.15) is 0 Å². The largest absolute Gasteiger partial charge is 0.295 e. The highest BCUT2D eigenvalue weighted by atomic mass is 16.2. The van der Waals surface area contributed by atoms with Crippen LogP contribution in [0.25, 0.3) is 10.8 Å². The molecule has 0 aliphatic carbocycles. The summed E-state index contributed by atoms with van der Waals surface area (Å²) in [5.74, 6) is -0.842. The van der Waals surface area contributed by atoms with E-state index in [1.54, 1.807) is 4.90 Å². The predicted octanol–water partition coefficient (Wildman–Crippen LogP) is 2.90. The average Bonchev–Trinajstić information content (AvgIpc) is 2.82. The predicted molar refractivity (Wildman–Crippen MR) is 95.6 cm³/mol. The van der Waals surface area contributed by atoms with Gasteiger partial charge in [-0.15, -0.1) is 0 Å². The van der Waals surface area contributed by atoms with Crippen molar-refractivity contribution >= 4 is 34.2 Å². The standard InChI is InChI=1S/C20H20N2O3/c1-20(2,3)13-8-7-12-17-11(13)5-4-6-14(17)22(19(12)25)15-9-10-16(23)21-18(15)24/h4-8,15H,9-10H2,1-3H3,(H,21,23,24). The molecule has 0 radical (unpaired) electrons. The zero-order chi connectivity index (χ0) is 17.9. The molecule has 2 aromatic carbocycles. The smallest absolute Gasteiger partial charge is 0.259 e. The normalized spacial score (nSPS) is 20.4. The Labute approximate surface area is 146 Å². The molecule has 2 aliphatic heterocycles. The summed E-state index contributed by atoms with van der Waals surface area (Å²) in [6, 6.07) is 9.07. The number of nitrogens with one attached hydrogen (secondary N) is 1. The fourth-order valence-electron chi connectivity index (χ4n) is 3.90. The molecule has 5 nitrogen and oxygen atoms in total. The second-order valence-electron chi connectivity index (χ2n) is 7.75. The van der Waals surface area contributed by atoms with E-state index in [4.69, 9.17) is 0 Å². The van der Waals surface area contributed by atoms with Gasteiger partial charge in [-0.25, -0.2) is 0 Å². The van der Waals surface area contributed by atoms with Crippen LogP contribution in [0.3, 0.4) is 0 Å². The minimum atomic E-state index is -0.638. The van der Waals surface area contributed by atoms with Crippen LogP contribution >= 0.6 is 0 Å². The van der Waals surface area contributed by atoms with E-state index in [1.165, 1.54) is 5.56 Å². The van der Waals surface area contributed by atoms with Crippen LogP contribution in [0.2, 0.25) is 0 Å². The molecular formula is C20H20N2O3. The number of carbonyl (C=O) groups is 3. The van der Waals surface area contributed by atoms with Gasteiger partial charge in [-0.3, -0.25) is 24.6 Å². The minimum absolute atomic E-state index is 0.0533. The van der Waals surface area contributed by atoms with Crippen LogP contribution < -0.4 is 10.2 Å². The van der Waals surface area contributed by atoms with Crippen LogP contribution in [-0.4, -0.2) is 23.8 Å². The van der Waals surface area contributed by atoms with Crippen molar-refractivity contribution < 1.29 is 14.4 Å². The first-order valence-electron chi connectivity index (χ1n) is 8.52. The number of amides is 3. The topological polar surface area (TPSA) is 66.5 Å². The molecule has 0 aromatic heterocycles. The van der Waals surface area contributed by atoms with Crippen molar-refractivity contribution in [2.24, 2.45) is 0 Å². The highest BCUT2D eigenvalue weighted by Crippen LogP contribution is 2.43. The van der Waals surface area contributed by atoms with E-state index in [1.807, 2.05) is 30.3 Å². The van der Waals surface area contributed by atoms with Gasteiger partial charge in [-0.05, 0) is 34.9 Å². The van der Waals surface area contributed by atoms with Crippen LogP contribution in [0, 0.1) is 0 Å². The Bertz CT molecular complexity index is 940. The maximum Gasteiger partial charge on any atom is 0.259 e. The summed E-state index contributed by atoms with van der Waals surface area (Å²) in [7, 11) is 0. The highest BCUT2D eigenvalue weighted by molar-refractivity contribution is 6.27. The Morgan fingerprint density at radius 3 is 2.52 bits per heavy atom. The molecule has 128 valence electrons. The van der Waals surface area contributed by atoms with Crippen LogP contribution in [0.5, 0.6) is 0 Å². The SMILES string of the molecule is CC(C)(C)c1ccc2c3c(cccc13)N(C1CCC(=O)NC1=O)C2=O. The third kappa shape index (κ3) is 2.26. The lowest BCUT2D eigenvalue weighted by molar-refractivity contribution is -0.134. The van der Waals surface area contributed by atoms with E-state index in [2.05, 4.69) is 26.1 Å². The van der Waals surface area contributed by atoms with Crippen molar-refractivity contribution in [3.8, 4) is 0 Å². The number of anilines is 1. The molecule has 0 saturated carbocycles. The van der Waals surface area contributed by atoms with Crippen molar-refractivity contribution in [1.82, 2.24) is 5.32 Å². The second-order valence-corrected chi connectivity index (χ2v) is 7.75. The molecule has 25 heavy (non-hydrogen) atoms. The van der Waals surface area contributed by atoms with Crippen LogP contribution in [0.1, 0.15) is 49.5 Å². The van der Waals surface area contributed by atoms with Gasteiger partial charge in [0.1, 0.15) is 6.04 Å². The molecule has 5 heteroatoms. The summed E-state index contributed by atoms with van der Waals surface area (Å²) in [6.45, 7) is 6.43. The number of rotatable bonds is 1. The summed E-state index contributed by atoms with van der Waals surface area (Å²) in [5.41, 5.74) is 2.51. The fraction of sp³-hybridized carbons (Fsp3) is 0.350. The van der Waals surface area contributed by atoms with Gasteiger partial charge < -0.3 is 0 Å². The average molecular weight is 336 g/mol. The Kier molecular flexibility index (Phi) is 3.26. The number of hydrogen-bond acceptors (Lipinski definition) is 3. The summed E-state index contributed by atoms with van der Waals surface area (Å²) >= 11 is 0. The van der Waals surface area contributed by atoms with Crippen molar-refractivity contribution in [3.05, 3.63) is 41.5 Å². The van der Waals surface area contributed by atoms with Gasteiger partial charge in [0.25, 0.3) is 5.91 Å². The maximum absolute atomic E-state index is 13.0. The zero-order valence-electron chi connectivity index (χ0n) is 14.6. The molecule has 0 bridgehead atoms. The molecule has 2 heterocycles. The van der Waals surface area contributed by atoms with Gasteiger partial charge >= 0.3 is 0 Å². The summed E-state index contributed by atoms with van der Waals surface area (Å²) < 4.78 is 0. The van der Waals surface area contributed by atoms with Gasteiger partial charge in [0, 0.05) is 17.4 Å². The number of nitrogens with zero attached hydrogens (tertiary/aromatic N) is 1. The van der Waals surface area contributed by atoms with E-state index in [9.17, 15) is 14.4 Å². The molecule has 1 fully saturated rings. The summed E-state index contributed by atoms with van der Waals surface area (Å²) in [5, 5.41) is 4.30. The first kappa shape index (κ1) is 15.8. The van der Waals surface area contributed by atoms with Crippen LogP contribution in [-0.2, 0) is 15.0 Å². The molecule has 2 aliphatic rings. The second kappa shape index (κ2) is 5.15. The highest BCUT2D eigenvalue weighted by Gasteiger charge is 2.41. The molecule has 1 saturated heterocycles. The first-order chi connectivity index (χ1) is 11.8. The fourth-order valence-corrected chi connectivity index (χ4v) is 3.90. The molecule has 0 spiro atoms. The van der Waals surface area contributed by atoms with Gasteiger partial charge in [0.2, 0.25) is 11.8 Å². The van der Waals surface area contributed by atoms with Crippen molar-refractivity contribution in [2.45, 2.75) is 45.1 Å². The molecule has 1 unspecified atom stereocenters. The van der Waals surface area contributed by atoms with Crippen LogP contribution in [0.15, 0.2) is 30.3 Å². The summed E-state index contributed by atoms with van der Waals surface area (Å²) in [6.07, 6.45) is 0.604. The number of benzene rings is 2. The van der Waals surface area contributed by atoms with Crippen molar-refractivity contribution in [1.29, 1.82) is 0 Å². The monoisotopic (exact) mass is 336 g/mol. The van der Waals surface area contributed by atoms with E-state index in [0.29, 0.717) is 12.0 Å². The molecule has 4 rings (SSSR count). The lowest BCUT2D eigenvalue weighted by Gasteiger charge is -2.30. The number of piperidine rings is 1. The Morgan fingerprint density at radius 2 is 1.84 bits per heavy atom. The molecule has 3 amide bonds. The number of carbonyl (C=O) groups excluding carboxylic acids is 3. The van der Waals surface area contributed by atoms with Gasteiger partial charge in [-0.1, -0.05) is 39.0 Å².